The van der Waals surface area contributed by atoms with Crippen LogP contribution in [0.1, 0.15) is 22.9 Å². The van der Waals surface area contributed by atoms with Crippen LogP contribution in [-0.4, -0.2) is 67.3 Å². The lowest BCUT2D eigenvalue weighted by Crippen LogP contribution is -2.42. The largest absolute Gasteiger partial charge is 0.460 e. The van der Waals surface area contributed by atoms with Crippen molar-refractivity contribution in [2.45, 2.75) is 18.4 Å². The van der Waals surface area contributed by atoms with Crippen LogP contribution in [0.15, 0.2) is 54.6 Å². The molecule has 0 N–H and O–H groups in total. The zero-order valence-corrected chi connectivity index (χ0v) is 19.1. The summed E-state index contributed by atoms with van der Waals surface area (Å²) in [6.45, 7) is 2.06. The molecule has 32 heavy (non-hydrogen) atoms. The minimum Gasteiger partial charge on any atom is -0.460 e. The standard InChI is InChI=1S/C24H29FN2O4S/c1-30-14-5-12-26(17-23(29)31-18-19-6-3-2-4-7-19)16-22(28)27-13-15-32-24(27)20-8-10-21(25)11-9-20/h2-4,6-11,24H,5,12-18H2,1H3/t24-/m1/s1. The van der Waals surface area contributed by atoms with E-state index in [0.29, 0.717) is 26.1 Å². The van der Waals surface area contributed by atoms with E-state index in [4.69, 9.17) is 9.47 Å². The molecule has 0 aliphatic carbocycles. The van der Waals surface area contributed by atoms with Gasteiger partial charge in [-0.05, 0) is 29.7 Å². The van der Waals surface area contributed by atoms with Crippen LogP contribution < -0.4 is 0 Å². The summed E-state index contributed by atoms with van der Waals surface area (Å²) in [6, 6.07) is 15.8. The summed E-state index contributed by atoms with van der Waals surface area (Å²) >= 11 is 1.66. The molecular weight excluding hydrogens is 431 g/mol. The Labute approximate surface area is 192 Å². The molecule has 0 spiro atoms. The van der Waals surface area contributed by atoms with E-state index in [1.165, 1.54) is 12.1 Å². The fourth-order valence-electron chi connectivity index (χ4n) is 3.52. The number of rotatable bonds is 11. The van der Waals surface area contributed by atoms with Crippen molar-refractivity contribution in [2.75, 3.05) is 45.6 Å². The fraction of sp³-hybridized carbons (Fsp3) is 0.417. The highest BCUT2D eigenvalue weighted by molar-refractivity contribution is 7.99. The first-order valence-electron chi connectivity index (χ1n) is 10.6. The highest BCUT2D eigenvalue weighted by Crippen LogP contribution is 2.37. The van der Waals surface area contributed by atoms with Gasteiger partial charge in [0.1, 0.15) is 17.8 Å². The molecule has 8 heteroatoms. The van der Waals surface area contributed by atoms with Gasteiger partial charge in [-0.3, -0.25) is 14.5 Å². The molecule has 0 aromatic heterocycles. The van der Waals surface area contributed by atoms with Crippen LogP contribution in [0.5, 0.6) is 0 Å². The molecule has 0 unspecified atom stereocenters. The maximum atomic E-state index is 13.3. The molecule has 172 valence electrons. The lowest BCUT2D eigenvalue weighted by molar-refractivity contribution is -0.147. The summed E-state index contributed by atoms with van der Waals surface area (Å²) in [5.41, 5.74) is 1.81. The number of amides is 1. The lowest BCUT2D eigenvalue weighted by Gasteiger charge is -2.28. The van der Waals surface area contributed by atoms with Gasteiger partial charge in [0.25, 0.3) is 0 Å². The van der Waals surface area contributed by atoms with Gasteiger partial charge in [0.05, 0.1) is 13.1 Å². The Morgan fingerprint density at radius 2 is 1.88 bits per heavy atom. The van der Waals surface area contributed by atoms with Gasteiger partial charge in [0, 0.05) is 32.6 Å². The van der Waals surface area contributed by atoms with Crippen molar-refractivity contribution in [1.29, 1.82) is 0 Å². The summed E-state index contributed by atoms with van der Waals surface area (Å²) in [6.07, 6.45) is 0.700. The summed E-state index contributed by atoms with van der Waals surface area (Å²) in [7, 11) is 1.62. The molecule has 1 aliphatic heterocycles. The zero-order chi connectivity index (χ0) is 22.8. The molecule has 6 nitrogen and oxygen atoms in total. The molecule has 3 rings (SSSR count). The Balaban J connectivity index is 1.58. The van der Waals surface area contributed by atoms with Crippen molar-refractivity contribution in [1.82, 2.24) is 9.80 Å². The van der Waals surface area contributed by atoms with Crippen LogP contribution in [0.2, 0.25) is 0 Å². The number of halogens is 1. The number of carbonyl (C=O) groups is 2. The van der Waals surface area contributed by atoms with Crippen LogP contribution in [0.25, 0.3) is 0 Å². The molecule has 0 radical (unpaired) electrons. The molecule has 2 aromatic rings. The summed E-state index contributed by atoms with van der Waals surface area (Å²) < 4.78 is 23.8. The van der Waals surface area contributed by atoms with E-state index >= 15 is 0 Å². The maximum absolute atomic E-state index is 13.3. The Morgan fingerprint density at radius 1 is 1.12 bits per heavy atom. The monoisotopic (exact) mass is 460 g/mol. The number of nitrogens with zero attached hydrogens (tertiary/aromatic N) is 2. The van der Waals surface area contributed by atoms with Crippen molar-refractivity contribution in [3.63, 3.8) is 0 Å². The van der Waals surface area contributed by atoms with Crippen molar-refractivity contribution in [2.24, 2.45) is 0 Å². The number of methoxy groups -OCH3 is 1. The molecule has 1 amide bonds. The van der Waals surface area contributed by atoms with E-state index in [1.807, 2.05) is 30.3 Å². The smallest absolute Gasteiger partial charge is 0.320 e. The third kappa shape index (κ3) is 7.32. The molecule has 1 heterocycles. The van der Waals surface area contributed by atoms with E-state index in [-0.39, 0.29) is 42.8 Å². The van der Waals surface area contributed by atoms with E-state index in [9.17, 15) is 14.0 Å². The minimum absolute atomic E-state index is 0.0322. The molecule has 2 aromatic carbocycles. The minimum atomic E-state index is -0.370. The number of benzene rings is 2. The average molecular weight is 461 g/mol. The first-order chi connectivity index (χ1) is 15.6. The van der Waals surface area contributed by atoms with Gasteiger partial charge in [-0.1, -0.05) is 42.5 Å². The molecule has 1 atom stereocenters. The second-order valence-corrected chi connectivity index (χ2v) is 8.75. The van der Waals surface area contributed by atoms with Crippen molar-refractivity contribution >= 4 is 23.6 Å². The van der Waals surface area contributed by atoms with Crippen molar-refractivity contribution in [3.05, 3.63) is 71.5 Å². The predicted molar refractivity (Wildman–Crippen MR) is 122 cm³/mol. The molecule has 1 saturated heterocycles. The summed E-state index contributed by atoms with van der Waals surface area (Å²) in [5.74, 6) is 0.0897. The molecule has 1 fully saturated rings. The number of carbonyl (C=O) groups excluding carboxylic acids is 2. The molecule has 0 bridgehead atoms. The normalized spacial score (nSPS) is 15.8. The van der Waals surface area contributed by atoms with Gasteiger partial charge in [0.15, 0.2) is 0 Å². The Bertz CT molecular complexity index is 866. The van der Waals surface area contributed by atoms with Crippen LogP contribution in [0.3, 0.4) is 0 Å². The summed E-state index contributed by atoms with van der Waals surface area (Å²) in [5, 5.41) is -0.144. The molecular formula is C24H29FN2O4S. The lowest BCUT2D eigenvalue weighted by atomic mass is 10.2. The molecule has 1 aliphatic rings. The van der Waals surface area contributed by atoms with Gasteiger partial charge in [0.2, 0.25) is 5.91 Å². The topological polar surface area (TPSA) is 59.1 Å². The van der Waals surface area contributed by atoms with Gasteiger partial charge in [-0.15, -0.1) is 11.8 Å². The average Bonchev–Trinajstić information content (AvgIpc) is 3.29. The second-order valence-electron chi connectivity index (χ2n) is 7.57. The van der Waals surface area contributed by atoms with Crippen LogP contribution >= 0.6 is 11.8 Å². The third-order valence-electron chi connectivity index (χ3n) is 5.14. The van der Waals surface area contributed by atoms with Gasteiger partial charge in [-0.25, -0.2) is 4.39 Å². The zero-order valence-electron chi connectivity index (χ0n) is 18.2. The Kier molecular flexibility index (Phi) is 9.52. The number of esters is 1. The first kappa shape index (κ1) is 24.2. The third-order valence-corrected chi connectivity index (χ3v) is 6.40. The highest BCUT2D eigenvalue weighted by Gasteiger charge is 2.31. The van der Waals surface area contributed by atoms with E-state index in [1.54, 1.807) is 40.8 Å². The van der Waals surface area contributed by atoms with Crippen LogP contribution in [0.4, 0.5) is 4.39 Å². The number of ether oxygens (including phenoxy) is 2. The van der Waals surface area contributed by atoms with Gasteiger partial charge < -0.3 is 14.4 Å². The Hall–Kier alpha value is -2.42. The second kappa shape index (κ2) is 12.6. The van der Waals surface area contributed by atoms with E-state index in [0.717, 1.165) is 16.9 Å². The predicted octanol–water partition coefficient (Wildman–Crippen LogP) is 3.48. The van der Waals surface area contributed by atoms with E-state index in [2.05, 4.69) is 0 Å². The fourth-order valence-corrected chi connectivity index (χ4v) is 4.80. The summed E-state index contributed by atoms with van der Waals surface area (Å²) in [4.78, 5) is 29.1. The van der Waals surface area contributed by atoms with Crippen molar-refractivity contribution < 1.29 is 23.5 Å². The quantitative estimate of drug-likeness (QED) is 0.378. The first-order valence-corrected chi connectivity index (χ1v) is 11.7. The number of thioether (sulfide) groups is 1. The van der Waals surface area contributed by atoms with Crippen LogP contribution in [0, 0.1) is 5.82 Å². The van der Waals surface area contributed by atoms with Crippen LogP contribution in [-0.2, 0) is 25.7 Å². The Morgan fingerprint density at radius 3 is 2.59 bits per heavy atom. The number of hydrogen-bond acceptors (Lipinski definition) is 6. The van der Waals surface area contributed by atoms with Gasteiger partial charge >= 0.3 is 5.97 Å². The van der Waals surface area contributed by atoms with Gasteiger partial charge in [-0.2, -0.15) is 0 Å². The van der Waals surface area contributed by atoms with E-state index < -0.39 is 0 Å². The highest BCUT2D eigenvalue weighted by atomic mass is 32.2. The van der Waals surface area contributed by atoms with Crippen molar-refractivity contribution in [3.8, 4) is 0 Å². The SMILES string of the molecule is COCCCN(CC(=O)OCc1ccccc1)CC(=O)N1CCS[C@@H]1c1ccc(F)cc1. The molecule has 0 saturated carbocycles. The number of hydrogen-bond donors (Lipinski definition) is 0. The maximum Gasteiger partial charge on any atom is 0.320 e.